The number of hydrogen-bond donors (Lipinski definition) is 1. The third-order valence-corrected chi connectivity index (χ3v) is 5.31. The summed E-state index contributed by atoms with van der Waals surface area (Å²) in [6.45, 7) is 2.25. The highest BCUT2D eigenvalue weighted by Crippen LogP contribution is 2.28. The molecule has 0 bridgehead atoms. The molecule has 2 atom stereocenters. The first-order valence-corrected chi connectivity index (χ1v) is 8.61. The molecule has 1 heterocycles. The Morgan fingerprint density at radius 2 is 2.17 bits per heavy atom. The lowest BCUT2D eigenvalue weighted by molar-refractivity contribution is -0.385. The van der Waals surface area contributed by atoms with Crippen LogP contribution in [0, 0.1) is 10.1 Å². The molecule has 0 aromatic heterocycles. The maximum Gasteiger partial charge on any atom is 0.274 e. The minimum Gasteiger partial charge on any atom is -0.366 e. The third kappa shape index (κ3) is 4.01. The van der Waals surface area contributed by atoms with E-state index in [1.807, 2.05) is 11.8 Å². The molecule has 126 valence electrons. The van der Waals surface area contributed by atoms with Crippen molar-refractivity contribution < 1.29 is 9.72 Å². The number of carbonyl (C=O) groups excluding carboxylic acids is 1. The molecule has 2 rings (SSSR count). The van der Waals surface area contributed by atoms with Crippen molar-refractivity contribution >= 4 is 23.4 Å². The number of rotatable bonds is 6. The van der Waals surface area contributed by atoms with Gasteiger partial charge >= 0.3 is 0 Å². The van der Waals surface area contributed by atoms with Crippen LogP contribution >= 0.6 is 11.8 Å². The lowest BCUT2D eigenvalue weighted by Gasteiger charge is -2.23. The van der Waals surface area contributed by atoms with Crippen LogP contribution in [-0.2, 0) is 6.54 Å². The number of likely N-dealkylation sites (tertiary alicyclic amines) is 1. The number of nitro benzene ring substituents is 1. The van der Waals surface area contributed by atoms with Gasteiger partial charge in [-0.1, -0.05) is 6.07 Å². The summed E-state index contributed by atoms with van der Waals surface area (Å²) >= 11 is 1.82. The van der Waals surface area contributed by atoms with Crippen LogP contribution in [-0.4, -0.2) is 65.4 Å². The van der Waals surface area contributed by atoms with E-state index in [0.717, 1.165) is 13.1 Å². The van der Waals surface area contributed by atoms with Crippen molar-refractivity contribution in [1.82, 2.24) is 9.80 Å². The smallest absolute Gasteiger partial charge is 0.274 e. The highest BCUT2D eigenvalue weighted by molar-refractivity contribution is 7.99. The molecule has 0 spiro atoms. The van der Waals surface area contributed by atoms with Crippen molar-refractivity contribution in [2.45, 2.75) is 17.8 Å². The predicted octanol–water partition coefficient (Wildman–Crippen LogP) is 1.17. The van der Waals surface area contributed by atoms with Crippen molar-refractivity contribution in [3.8, 4) is 0 Å². The predicted molar refractivity (Wildman–Crippen MR) is 91.7 cm³/mol. The molecule has 0 unspecified atom stereocenters. The quantitative estimate of drug-likeness (QED) is 0.618. The molecular weight excluding hydrogens is 316 g/mol. The molecule has 2 N–H and O–H groups in total. The van der Waals surface area contributed by atoms with E-state index >= 15 is 0 Å². The van der Waals surface area contributed by atoms with Gasteiger partial charge < -0.3 is 10.6 Å². The molecule has 8 heteroatoms. The molecule has 1 saturated heterocycles. The van der Waals surface area contributed by atoms with Gasteiger partial charge in [0.1, 0.15) is 0 Å². The normalized spacial score (nSPS) is 21.7. The van der Waals surface area contributed by atoms with Crippen LogP contribution in [0.15, 0.2) is 18.2 Å². The fourth-order valence-electron chi connectivity index (χ4n) is 2.95. The molecule has 1 aliphatic rings. The molecule has 23 heavy (non-hydrogen) atoms. The highest BCUT2D eigenvalue weighted by Gasteiger charge is 2.34. The van der Waals surface area contributed by atoms with Gasteiger partial charge in [-0.15, -0.1) is 0 Å². The van der Waals surface area contributed by atoms with Gasteiger partial charge in [0, 0.05) is 48.1 Å². The molecule has 1 fully saturated rings. The number of carbonyl (C=O) groups is 1. The zero-order chi connectivity index (χ0) is 17.1. The molecule has 0 aliphatic carbocycles. The standard InChI is InChI=1S/C15H22N4O3S/c1-17(2)13-8-18(9-14(13)23-3)7-11-5-4-10(15(16)20)6-12(11)19(21)22/h4-6,13-14H,7-9H2,1-3H3,(H2,16,20)/t13-,14+/m1/s1. The summed E-state index contributed by atoms with van der Waals surface area (Å²) in [4.78, 5) is 26.5. The summed E-state index contributed by atoms with van der Waals surface area (Å²) in [5.74, 6) is -0.657. The van der Waals surface area contributed by atoms with Crippen LogP contribution in [0.5, 0.6) is 0 Å². The van der Waals surface area contributed by atoms with Gasteiger partial charge in [0.25, 0.3) is 5.69 Å². The van der Waals surface area contributed by atoms with Crippen molar-refractivity contribution in [1.29, 1.82) is 0 Å². The van der Waals surface area contributed by atoms with E-state index in [1.54, 1.807) is 12.1 Å². The first kappa shape index (κ1) is 17.7. The van der Waals surface area contributed by atoms with Crippen LogP contribution in [0.4, 0.5) is 5.69 Å². The zero-order valence-corrected chi connectivity index (χ0v) is 14.4. The number of primary amides is 1. The molecule has 0 radical (unpaired) electrons. The molecule has 1 aromatic carbocycles. The van der Waals surface area contributed by atoms with Crippen LogP contribution in [0.1, 0.15) is 15.9 Å². The summed E-state index contributed by atoms with van der Waals surface area (Å²) in [5.41, 5.74) is 5.93. The minimum absolute atomic E-state index is 0.0460. The highest BCUT2D eigenvalue weighted by atomic mass is 32.2. The SMILES string of the molecule is CS[C@H]1CN(Cc2ccc(C(N)=O)cc2[N+](=O)[O-])C[C@H]1N(C)C. The van der Waals surface area contributed by atoms with Gasteiger partial charge in [0.05, 0.1) is 4.92 Å². The van der Waals surface area contributed by atoms with Crippen LogP contribution < -0.4 is 5.73 Å². The topological polar surface area (TPSA) is 92.7 Å². The third-order valence-electron chi connectivity index (χ3n) is 4.24. The Morgan fingerprint density at radius 1 is 1.48 bits per heavy atom. The second-order valence-electron chi connectivity index (χ2n) is 5.96. The number of nitrogens with two attached hydrogens (primary N) is 1. The lowest BCUT2D eigenvalue weighted by atomic mass is 10.1. The number of benzene rings is 1. The Balaban J connectivity index is 2.20. The van der Waals surface area contributed by atoms with Crippen molar-refractivity contribution in [2.24, 2.45) is 5.73 Å². The molecule has 1 amide bonds. The second-order valence-corrected chi connectivity index (χ2v) is 7.04. The Labute approximate surface area is 140 Å². The summed E-state index contributed by atoms with van der Waals surface area (Å²) in [6, 6.07) is 4.88. The number of nitrogens with zero attached hydrogens (tertiary/aromatic N) is 3. The second kappa shape index (κ2) is 7.29. The van der Waals surface area contributed by atoms with E-state index in [2.05, 4.69) is 30.2 Å². The van der Waals surface area contributed by atoms with Crippen LogP contribution in [0.2, 0.25) is 0 Å². The zero-order valence-electron chi connectivity index (χ0n) is 13.6. The fourth-order valence-corrected chi connectivity index (χ4v) is 3.95. The number of thioether (sulfide) groups is 1. The van der Waals surface area contributed by atoms with E-state index in [1.165, 1.54) is 6.07 Å². The van der Waals surface area contributed by atoms with Crippen LogP contribution in [0.25, 0.3) is 0 Å². The Bertz CT molecular complexity index is 608. The lowest BCUT2D eigenvalue weighted by Crippen LogP contribution is -2.36. The summed E-state index contributed by atoms with van der Waals surface area (Å²) < 4.78 is 0. The van der Waals surface area contributed by atoms with Crippen molar-refractivity contribution in [3.63, 3.8) is 0 Å². The van der Waals surface area contributed by atoms with E-state index < -0.39 is 10.8 Å². The number of amides is 1. The largest absolute Gasteiger partial charge is 0.366 e. The Kier molecular flexibility index (Phi) is 5.61. The molecular formula is C15H22N4O3S. The average molecular weight is 338 g/mol. The van der Waals surface area contributed by atoms with Gasteiger partial charge in [0.2, 0.25) is 5.91 Å². The van der Waals surface area contributed by atoms with E-state index in [4.69, 9.17) is 5.73 Å². The van der Waals surface area contributed by atoms with Gasteiger partial charge in [0.15, 0.2) is 0 Å². The number of nitro groups is 1. The molecule has 1 aromatic rings. The Morgan fingerprint density at radius 3 is 2.65 bits per heavy atom. The maximum atomic E-state index is 11.3. The molecule has 7 nitrogen and oxygen atoms in total. The summed E-state index contributed by atoms with van der Waals surface area (Å²) in [5, 5.41) is 11.8. The van der Waals surface area contributed by atoms with E-state index in [-0.39, 0.29) is 11.3 Å². The first-order valence-electron chi connectivity index (χ1n) is 7.32. The molecule has 1 aliphatic heterocycles. The Hall–Kier alpha value is -1.64. The van der Waals surface area contributed by atoms with E-state index in [0.29, 0.717) is 23.4 Å². The number of hydrogen-bond acceptors (Lipinski definition) is 6. The molecule has 0 saturated carbocycles. The van der Waals surface area contributed by atoms with E-state index in [9.17, 15) is 14.9 Å². The van der Waals surface area contributed by atoms with Gasteiger partial charge in [-0.2, -0.15) is 11.8 Å². The van der Waals surface area contributed by atoms with Gasteiger partial charge in [-0.25, -0.2) is 0 Å². The monoisotopic (exact) mass is 338 g/mol. The first-order chi connectivity index (χ1) is 10.8. The van der Waals surface area contributed by atoms with Crippen molar-refractivity contribution in [2.75, 3.05) is 33.4 Å². The van der Waals surface area contributed by atoms with Gasteiger partial charge in [-0.3, -0.25) is 19.8 Å². The maximum absolute atomic E-state index is 11.3. The van der Waals surface area contributed by atoms with Crippen molar-refractivity contribution in [3.05, 3.63) is 39.4 Å². The summed E-state index contributed by atoms with van der Waals surface area (Å²) in [7, 11) is 4.11. The fraction of sp³-hybridized carbons (Fsp3) is 0.533. The summed E-state index contributed by atoms with van der Waals surface area (Å²) in [6.07, 6.45) is 2.09. The number of likely N-dealkylation sites (N-methyl/N-ethyl adjacent to an activating group) is 1. The minimum atomic E-state index is -0.657. The van der Waals surface area contributed by atoms with Gasteiger partial charge in [-0.05, 0) is 26.4 Å². The van der Waals surface area contributed by atoms with Crippen LogP contribution in [0.3, 0.4) is 0 Å². The average Bonchev–Trinajstić information content (AvgIpc) is 2.90.